The molecular formula is C14H19ClN4. The molecular weight excluding hydrogens is 260 g/mol. The van der Waals surface area contributed by atoms with Gasteiger partial charge in [0.05, 0.1) is 11.9 Å². The van der Waals surface area contributed by atoms with E-state index in [2.05, 4.69) is 15.3 Å². The lowest BCUT2D eigenvalue weighted by atomic mass is 9.53. The Morgan fingerprint density at radius 2 is 1.74 bits per heavy atom. The second-order valence-electron chi connectivity index (χ2n) is 6.77. The molecule has 4 aliphatic carbocycles. The molecule has 0 aliphatic heterocycles. The van der Waals surface area contributed by atoms with E-state index in [0.29, 0.717) is 5.69 Å². The van der Waals surface area contributed by atoms with Gasteiger partial charge in [-0.25, -0.2) is 4.98 Å². The first-order valence-electron chi connectivity index (χ1n) is 7.18. The minimum absolute atomic E-state index is 0.209. The highest BCUT2D eigenvalue weighted by atomic mass is 35.5. The van der Waals surface area contributed by atoms with Crippen LogP contribution in [0.15, 0.2) is 6.20 Å². The number of nitrogen functional groups attached to an aromatic ring is 1. The van der Waals surface area contributed by atoms with Crippen LogP contribution in [0.5, 0.6) is 0 Å². The van der Waals surface area contributed by atoms with Crippen molar-refractivity contribution in [3.8, 4) is 0 Å². The molecule has 102 valence electrons. The average molecular weight is 279 g/mol. The number of aromatic nitrogens is 2. The van der Waals surface area contributed by atoms with Gasteiger partial charge in [-0.1, -0.05) is 0 Å². The molecule has 1 heterocycles. The van der Waals surface area contributed by atoms with Gasteiger partial charge in [-0.15, -0.1) is 0 Å². The number of halogens is 1. The van der Waals surface area contributed by atoms with Crippen LogP contribution in [0.1, 0.15) is 38.5 Å². The summed E-state index contributed by atoms with van der Waals surface area (Å²) in [5, 5.41) is 3.90. The van der Waals surface area contributed by atoms with E-state index < -0.39 is 0 Å². The molecule has 3 N–H and O–H groups in total. The Morgan fingerprint density at radius 1 is 1.16 bits per heavy atom. The Kier molecular flexibility index (Phi) is 2.47. The van der Waals surface area contributed by atoms with E-state index >= 15 is 0 Å². The summed E-state index contributed by atoms with van der Waals surface area (Å²) < 4.78 is 0. The minimum atomic E-state index is 0.209. The van der Waals surface area contributed by atoms with Crippen molar-refractivity contribution >= 4 is 23.1 Å². The molecule has 1 aromatic rings. The van der Waals surface area contributed by atoms with Crippen LogP contribution in [0.25, 0.3) is 0 Å². The Labute approximate surface area is 118 Å². The smallest absolute Gasteiger partial charge is 0.224 e. The first-order valence-corrected chi connectivity index (χ1v) is 7.56. The molecule has 0 unspecified atom stereocenters. The molecule has 4 aliphatic rings. The Bertz CT molecular complexity index is 481. The first-order chi connectivity index (χ1) is 9.12. The number of nitrogens with one attached hydrogen (secondary N) is 1. The number of rotatable bonds is 2. The molecule has 5 rings (SSSR count). The fraction of sp³-hybridized carbons (Fsp3) is 0.714. The lowest BCUT2D eigenvalue weighted by molar-refractivity contribution is 0.0106. The summed E-state index contributed by atoms with van der Waals surface area (Å²) in [6.45, 7) is 0. The van der Waals surface area contributed by atoms with Crippen molar-refractivity contribution in [1.29, 1.82) is 0 Å². The van der Waals surface area contributed by atoms with Crippen LogP contribution in [-0.4, -0.2) is 15.5 Å². The topological polar surface area (TPSA) is 63.8 Å². The molecule has 0 spiro atoms. The number of nitrogens with two attached hydrogens (primary N) is 1. The largest absolute Gasteiger partial charge is 0.394 e. The second kappa shape index (κ2) is 3.98. The third-order valence-electron chi connectivity index (χ3n) is 5.21. The van der Waals surface area contributed by atoms with Crippen LogP contribution in [0, 0.1) is 17.8 Å². The minimum Gasteiger partial charge on any atom is -0.394 e. The van der Waals surface area contributed by atoms with Gasteiger partial charge in [0.1, 0.15) is 0 Å². The van der Waals surface area contributed by atoms with Gasteiger partial charge in [0.2, 0.25) is 5.28 Å². The zero-order chi connectivity index (χ0) is 13.0. The predicted molar refractivity (Wildman–Crippen MR) is 76.0 cm³/mol. The standard InChI is InChI=1S/C14H19ClN4/c15-13-17-7-11(16)12(18-13)19-14-4-8-1-9(5-14)3-10(2-8)6-14/h7-10H,1-6,16H2,(H,17,18,19). The molecule has 5 heteroatoms. The van der Waals surface area contributed by atoms with Gasteiger partial charge >= 0.3 is 0 Å². The quantitative estimate of drug-likeness (QED) is 0.816. The molecule has 0 aromatic carbocycles. The third-order valence-corrected chi connectivity index (χ3v) is 5.39. The van der Waals surface area contributed by atoms with Gasteiger partial charge in [-0.3, -0.25) is 0 Å². The van der Waals surface area contributed by atoms with Crippen LogP contribution >= 0.6 is 11.6 Å². The SMILES string of the molecule is Nc1cnc(Cl)nc1NC12CC3CC(CC(C3)C1)C2. The summed E-state index contributed by atoms with van der Waals surface area (Å²) in [6, 6.07) is 0. The van der Waals surface area contributed by atoms with Crippen LogP contribution < -0.4 is 11.1 Å². The molecule has 19 heavy (non-hydrogen) atoms. The first kappa shape index (κ1) is 11.8. The van der Waals surface area contributed by atoms with Crippen LogP contribution in [0.3, 0.4) is 0 Å². The molecule has 1 aromatic heterocycles. The van der Waals surface area contributed by atoms with Gasteiger partial charge in [-0.2, -0.15) is 4.98 Å². The van der Waals surface area contributed by atoms with Crippen molar-refractivity contribution in [2.75, 3.05) is 11.1 Å². The van der Waals surface area contributed by atoms with Crippen LogP contribution in [0.4, 0.5) is 11.5 Å². The zero-order valence-electron chi connectivity index (χ0n) is 10.9. The van der Waals surface area contributed by atoms with Crippen molar-refractivity contribution in [1.82, 2.24) is 9.97 Å². The van der Waals surface area contributed by atoms with Crippen molar-refractivity contribution < 1.29 is 0 Å². The van der Waals surface area contributed by atoms with Gasteiger partial charge in [0, 0.05) is 5.54 Å². The number of anilines is 2. The molecule has 0 atom stereocenters. The van der Waals surface area contributed by atoms with Crippen LogP contribution in [0.2, 0.25) is 5.28 Å². The number of nitrogens with zero attached hydrogens (tertiary/aromatic N) is 2. The molecule has 0 saturated heterocycles. The van der Waals surface area contributed by atoms with Crippen molar-refractivity contribution in [3.63, 3.8) is 0 Å². The third kappa shape index (κ3) is 1.97. The number of hydrogen-bond acceptors (Lipinski definition) is 4. The van der Waals surface area contributed by atoms with Crippen molar-refractivity contribution in [2.24, 2.45) is 17.8 Å². The summed E-state index contributed by atoms with van der Waals surface area (Å²) in [7, 11) is 0. The number of hydrogen-bond donors (Lipinski definition) is 2. The van der Waals surface area contributed by atoms with Gasteiger partial charge < -0.3 is 11.1 Å². The summed E-state index contributed by atoms with van der Waals surface area (Å²) in [5.74, 6) is 3.42. The molecule has 0 radical (unpaired) electrons. The van der Waals surface area contributed by atoms with E-state index in [4.69, 9.17) is 17.3 Å². The van der Waals surface area contributed by atoms with E-state index in [1.54, 1.807) is 6.20 Å². The lowest BCUT2D eigenvalue weighted by Gasteiger charge is -2.57. The fourth-order valence-corrected chi connectivity index (χ4v) is 5.12. The maximum atomic E-state index is 5.97. The predicted octanol–water partition coefficient (Wildman–Crippen LogP) is 3.09. The van der Waals surface area contributed by atoms with E-state index in [1.165, 1.54) is 38.5 Å². The normalized spacial score (nSPS) is 39.5. The highest BCUT2D eigenvalue weighted by molar-refractivity contribution is 6.28. The Balaban J connectivity index is 1.64. The maximum Gasteiger partial charge on any atom is 0.224 e. The fourth-order valence-electron chi connectivity index (χ4n) is 4.98. The van der Waals surface area contributed by atoms with E-state index in [0.717, 1.165) is 23.6 Å². The van der Waals surface area contributed by atoms with Gasteiger partial charge in [0.15, 0.2) is 5.82 Å². The lowest BCUT2D eigenvalue weighted by Crippen LogP contribution is -2.55. The van der Waals surface area contributed by atoms with E-state index in [9.17, 15) is 0 Å². The van der Waals surface area contributed by atoms with Crippen LogP contribution in [-0.2, 0) is 0 Å². The van der Waals surface area contributed by atoms with Crippen molar-refractivity contribution in [3.05, 3.63) is 11.5 Å². The van der Waals surface area contributed by atoms with Gasteiger partial charge in [0.25, 0.3) is 0 Å². The van der Waals surface area contributed by atoms with E-state index in [1.807, 2.05) is 0 Å². The Hall–Kier alpha value is -1.03. The summed E-state index contributed by atoms with van der Waals surface area (Å²) in [6.07, 6.45) is 9.68. The molecule has 4 nitrogen and oxygen atoms in total. The maximum absolute atomic E-state index is 5.97. The summed E-state index contributed by atoms with van der Waals surface area (Å²) in [4.78, 5) is 8.19. The molecule has 4 saturated carbocycles. The average Bonchev–Trinajstić information content (AvgIpc) is 2.31. The van der Waals surface area contributed by atoms with Gasteiger partial charge in [-0.05, 0) is 67.9 Å². The second-order valence-corrected chi connectivity index (χ2v) is 7.10. The van der Waals surface area contributed by atoms with Crippen molar-refractivity contribution in [2.45, 2.75) is 44.1 Å². The Morgan fingerprint density at radius 3 is 2.32 bits per heavy atom. The highest BCUT2D eigenvalue weighted by Gasteiger charge is 2.51. The molecule has 4 fully saturated rings. The summed E-state index contributed by atoms with van der Waals surface area (Å²) >= 11 is 5.89. The molecule has 4 bridgehead atoms. The summed E-state index contributed by atoms with van der Waals surface area (Å²) in [5.41, 5.74) is 6.78. The monoisotopic (exact) mass is 278 g/mol. The molecule has 0 amide bonds. The highest BCUT2D eigenvalue weighted by Crippen LogP contribution is 2.56. The zero-order valence-corrected chi connectivity index (χ0v) is 11.7. The van der Waals surface area contributed by atoms with E-state index in [-0.39, 0.29) is 10.8 Å².